The lowest BCUT2D eigenvalue weighted by atomic mass is 10.0. The number of benzene rings is 1. The Morgan fingerprint density at radius 1 is 0.880 bits per heavy atom. The summed E-state index contributed by atoms with van der Waals surface area (Å²) in [6.45, 7) is 3.15. The lowest BCUT2D eigenvalue weighted by Gasteiger charge is -2.18. The van der Waals surface area contributed by atoms with E-state index in [4.69, 9.17) is 9.84 Å². The summed E-state index contributed by atoms with van der Waals surface area (Å²) >= 11 is 0. The first-order valence-electron chi connectivity index (χ1n) is 10.3. The van der Waals surface area contributed by atoms with Gasteiger partial charge in [-0.05, 0) is 31.2 Å². The SMILES string of the molecule is CCCCCCCCC(CCCC/C=C/CO)OCc1ccccc1. The van der Waals surface area contributed by atoms with E-state index in [1.54, 1.807) is 0 Å². The zero-order valence-corrected chi connectivity index (χ0v) is 16.2. The highest BCUT2D eigenvalue weighted by atomic mass is 16.5. The fourth-order valence-corrected chi connectivity index (χ4v) is 3.08. The maximum Gasteiger partial charge on any atom is 0.0720 e. The number of allylic oxidation sites excluding steroid dienone is 1. The predicted molar refractivity (Wildman–Crippen MR) is 108 cm³/mol. The summed E-state index contributed by atoms with van der Waals surface area (Å²) in [5.74, 6) is 0. The van der Waals surface area contributed by atoms with Crippen LogP contribution in [0.5, 0.6) is 0 Å². The number of rotatable bonds is 16. The Morgan fingerprint density at radius 2 is 1.56 bits per heavy atom. The lowest BCUT2D eigenvalue weighted by molar-refractivity contribution is 0.0262. The van der Waals surface area contributed by atoms with Crippen LogP contribution in [0.3, 0.4) is 0 Å². The van der Waals surface area contributed by atoms with Gasteiger partial charge in [-0.3, -0.25) is 0 Å². The van der Waals surface area contributed by atoms with Crippen molar-refractivity contribution in [1.29, 1.82) is 0 Å². The van der Waals surface area contributed by atoms with Crippen LogP contribution in [0.2, 0.25) is 0 Å². The molecule has 0 spiro atoms. The van der Waals surface area contributed by atoms with Gasteiger partial charge in [0.25, 0.3) is 0 Å². The van der Waals surface area contributed by atoms with E-state index in [-0.39, 0.29) is 6.61 Å². The normalized spacial score (nSPS) is 12.7. The number of ether oxygens (including phenoxy) is 1. The minimum Gasteiger partial charge on any atom is -0.392 e. The quantitative estimate of drug-likeness (QED) is 0.276. The molecule has 25 heavy (non-hydrogen) atoms. The van der Waals surface area contributed by atoms with Crippen LogP contribution in [0.25, 0.3) is 0 Å². The summed E-state index contributed by atoms with van der Waals surface area (Å²) in [5.41, 5.74) is 1.27. The van der Waals surface area contributed by atoms with Gasteiger partial charge in [-0.2, -0.15) is 0 Å². The van der Waals surface area contributed by atoms with Crippen molar-refractivity contribution in [2.45, 2.75) is 90.3 Å². The Balaban J connectivity index is 2.26. The molecule has 1 aromatic rings. The van der Waals surface area contributed by atoms with Gasteiger partial charge < -0.3 is 9.84 Å². The summed E-state index contributed by atoms with van der Waals surface area (Å²) in [6, 6.07) is 10.5. The zero-order chi connectivity index (χ0) is 18.0. The average molecular weight is 347 g/mol. The van der Waals surface area contributed by atoms with Crippen LogP contribution in [0.1, 0.15) is 83.1 Å². The van der Waals surface area contributed by atoms with Crippen molar-refractivity contribution in [3.63, 3.8) is 0 Å². The van der Waals surface area contributed by atoms with Crippen molar-refractivity contribution in [3.05, 3.63) is 48.0 Å². The summed E-state index contributed by atoms with van der Waals surface area (Å²) in [4.78, 5) is 0. The molecule has 0 aliphatic rings. The second-order valence-corrected chi connectivity index (χ2v) is 6.91. The molecule has 0 amide bonds. The molecule has 0 bridgehead atoms. The molecule has 0 fully saturated rings. The highest BCUT2D eigenvalue weighted by molar-refractivity contribution is 5.13. The number of hydrogen-bond acceptors (Lipinski definition) is 2. The van der Waals surface area contributed by atoms with E-state index in [0.717, 1.165) is 19.4 Å². The predicted octanol–water partition coefficient (Wildman–Crippen LogP) is 6.43. The monoisotopic (exact) mass is 346 g/mol. The molecule has 2 nitrogen and oxygen atoms in total. The minimum atomic E-state index is 0.154. The second kappa shape index (κ2) is 16.4. The molecule has 1 aromatic carbocycles. The Kier molecular flexibility index (Phi) is 14.3. The fourth-order valence-electron chi connectivity index (χ4n) is 3.08. The van der Waals surface area contributed by atoms with E-state index in [9.17, 15) is 0 Å². The Labute approximate surface area is 155 Å². The third-order valence-electron chi connectivity index (χ3n) is 4.63. The van der Waals surface area contributed by atoms with Crippen LogP contribution in [-0.2, 0) is 11.3 Å². The third-order valence-corrected chi connectivity index (χ3v) is 4.63. The van der Waals surface area contributed by atoms with Crippen molar-refractivity contribution in [2.75, 3.05) is 6.61 Å². The van der Waals surface area contributed by atoms with E-state index >= 15 is 0 Å². The first-order valence-corrected chi connectivity index (χ1v) is 10.3. The van der Waals surface area contributed by atoms with Crippen molar-refractivity contribution in [3.8, 4) is 0 Å². The van der Waals surface area contributed by atoms with Crippen molar-refractivity contribution >= 4 is 0 Å². The number of aliphatic hydroxyl groups is 1. The van der Waals surface area contributed by atoms with Crippen LogP contribution in [0, 0.1) is 0 Å². The third kappa shape index (κ3) is 12.8. The maximum atomic E-state index is 8.76. The van der Waals surface area contributed by atoms with Crippen molar-refractivity contribution in [1.82, 2.24) is 0 Å². The summed E-state index contributed by atoms with van der Waals surface area (Å²) in [7, 11) is 0. The van der Waals surface area contributed by atoms with Crippen LogP contribution in [-0.4, -0.2) is 17.8 Å². The van der Waals surface area contributed by atoms with Crippen molar-refractivity contribution in [2.24, 2.45) is 0 Å². The largest absolute Gasteiger partial charge is 0.392 e. The van der Waals surface area contributed by atoms with Crippen LogP contribution < -0.4 is 0 Å². The van der Waals surface area contributed by atoms with E-state index in [2.05, 4.69) is 43.3 Å². The Hall–Kier alpha value is -1.12. The molecular formula is C23H38O2. The van der Waals surface area contributed by atoms with Gasteiger partial charge in [0.05, 0.1) is 19.3 Å². The van der Waals surface area contributed by atoms with Gasteiger partial charge >= 0.3 is 0 Å². The molecule has 1 unspecified atom stereocenters. The highest BCUT2D eigenvalue weighted by Crippen LogP contribution is 2.17. The molecule has 0 saturated carbocycles. The maximum absolute atomic E-state index is 8.76. The van der Waals surface area contributed by atoms with Gasteiger partial charge in [-0.25, -0.2) is 0 Å². The smallest absolute Gasteiger partial charge is 0.0720 e. The topological polar surface area (TPSA) is 29.5 Å². The van der Waals surface area contributed by atoms with Gasteiger partial charge in [-0.1, -0.05) is 94.4 Å². The summed E-state index contributed by atoms with van der Waals surface area (Å²) in [5, 5.41) is 8.76. The Bertz CT molecular complexity index is 413. The van der Waals surface area contributed by atoms with Gasteiger partial charge in [0.15, 0.2) is 0 Å². The van der Waals surface area contributed by atoms with E-state index in [1.165, 1.54) is 63.4 Å². The molecule has 2 heteroatoms. The first-order chi connectivity index (χ1) is 12.4. The van der Waals surface area contributed by atoms with E-state index in [1.807, 2.05) is 6.08 Å². The highest BCUT2D eigenvalue weighted by Gasteiger charge is 2.09. The molecule has 0 saturated heterocycles. The molecule has 0 radical (unpaired) electrons. The molecule has 0 aliphatic carbocycles. The number of aliphatic hydroxyl groups excluding tert-OH is 1. The van der Waals surface area contributed by atoms with Crippen LogP contribution in [0.15, 0.2) is 42.5 Å². The number of hydrogen-bond donors (Lipinski definition) is 1. The molecule has 1 rings (SSSR count). The van der Waals surface area contributed by atoms with Gasteiger partial charge in [0.2, 0.25) is 0 Å². The molecular weight excluding hydrogens is 308 g/mol. The molecule has 1 N–H and O–H groups in total. The first kappa shape index (κ1) is 21.9. The van der Waals surface area contributed by atoms with Gasteiger partial charge in [0, 0.05) is 0 Å². The molecule has 0 aromatic heterocycles. The molecule has 0 aliphatic heterocycles. The minimum absolute atomic E-state index is 0.154. The Morgan fingerprint density at radius 3 is 2.28 bits per heavy atom. The molecule has 0 heterocycles. The number of unbranched alkanes of at least 4 members (excludes halogenated alkanes) is 7. The average Bonchev–Trinajstić information content (AvgIpc) is 2.65. The van der Waals surface area contributed by atoms with Gasteiger partial charge in [0.1, 0.15) is 0 Å². The summed E-state index contributed by atoms with van der Waals surface area (Å²) in [6.07, 6.45) is 18.1. The van der Waals surface area contributed by atoms with Crippen LogP contribution in [0.4, 0.5) is 0 Å². The lowest BCUT2D eigenvalue weighted by Crippen LogP contribution is -2.13. The second-order valence-electron chi connectivity index (χ2n) is 6.91. The standard InChI is InChI=1S/C23H38O2/c1-2-3-4-5-7-13-18-23(19-14-8-6-9-15-20-24)25-21-22-16-11-10-12-17-22/h9-12,15-17,23-24H,2-8,13-14,18-21H2,1H3/b15-9+. The van der Waals surface area contributed by atoms with Crippen LogP contribution >= 0.6 is 0 Å². The molecule has 1 atom stereocenters. The van der Waals surface area contributed by atoms with E-state index < -0.39 is 0 Å². The zero-order valence-electron chi connectivity index (χ0n) is 16.2. The van der Waals surface area contributed by atoms with Crippen molar-refractivity contribution < 1.29 is 9.84 Å². The molecule has 142 valence electrons. The van der Waals surface area contributed by atoms with Gasteiger partial charge in [-0.15, -0.1) is 0 Å². The summed E-state index contributed by atoms with van der Waals surface area (Å²) < 4.78 is 6.23. The van der Waals surface area contributed by atoms with E-state index in [0.29, 0.717) is 6.10 Å². The fraction of sp³-hybridized carbons (Fsp3) is 0.652.